The third-order valence-electron chi connectivity index (χ3n) is 1.70. The standard InChI is InChI=1S/C11H21NO4.H2O/c1-7(2)6-8(9(13)14)12-10(15)16-11(3,4)5;/h7-8H,6H2,1-5H3,(H,12,15)(H,13,14);1H2/t8-;/m0./s1/i8+1,12+1;. The fourth-order valence-corrected chi connectivity index (χ4v) is 1.14. The van der Waals surface area contributed by atoms with Gasteiger partial charge in [0.15, 0.2) is 0 Å². The molecule has 0 spiro atoms. The van der Waals surface area contributed by atoms with E-state index in [-0.39, 0.29) is 11.4 Å². The molecule has 0 aromatic heterocycles. The summed E-state index contributed by atoms with van der Waals surface area (Å²) in [5.41, 5.74) is -0.620. The van der Waals surface area contributed by atoms with Crippen LogP contribution in [0.5, 0.6) is 0 Å². The van der Waals surface area contributed by atoms with Gasteiger partial charge in [-0.15, -0.1) is 0 Å². The summed E-state index contributed by atoms with van der Waals surface area (Å²) in [6.07, 6.45) is -0.310. The number of hydrogen-bond donors (Lipinski definition) is 2. The molecule has 6 nitrogen and oxygen atoms in total. The molecule has 0 aromatic carbocycles. The zero-order valence-electron chi connectivity index (χ0n) is 11.0. The van der Waals surface area contributed by atoms with Crippen LogP contribution in [0, 0.1) is 5.92 Å². The topological polar surface area (TPSA) is 107 Å². The van der Waals surface area contributed by atoms with Crippen molar-refractivity contribution in [2.75, 3.05) is 0 Å². The maximum Gasteiger partial charge on any atom is 0.408 e. The van der Waals surface area contributed by atoms with Crippen LogP contribution in [0.4, 0.5) is 4.79 Å². The molecule has 0 radical (unpaired) electrons. The van der Waals surface area contributed by atoms with Crippen LogP contribution in [0.2, 0.25) is 0 Å². The van der Waals surface area contributed by atoms with E-state index in [0.717, 1.165) is 0 Å². The van der Waals surface area contributed by atoms with Gasteiger partial charge in [-0.3, -0.25) is 0 Å². The molecule has 102 valence electrons. The lowest BCUT2D eigenvalue weighted by atomic mass is 10.2. The number of amides is 1. The van der Waals surface area contributed by atoms with E-state index < -0.39 is 23.7 Å². The van der Waals surface area contributed by atoms with Gasteiger partial charge >= 0.3 is 12.1 Å². The average molecular weight is 251 g/mol. The Morgan fingerprint density at radius 2 is 1.76 bits per heavy atom. The van der Waals surface area contributed by atoms with Crippen molar-refractivity contribution in [3.63, 3.8) is 0 Å². The van der Waals surface area contributed by atoms with Gasteiger partial charge in [0, 0.05) is 0 Å². The Labute approximate surface area is 102 Å². The quantitative estimate of drug-likeness (QED) is 0.577. The number of hydrogen-bond acceptors (Lipinski definition) is 3. The van der Waals surface area contributed by atoms with Crippen LogP contribution in [-0.4, -0.2) is 34.3 Å². The average Bonchev–Trinajstić information content (AvgIpc) is 1.97. The largest absolute Gasteiger partial charge is 0.480 e. The first kappa shape index (κ1) is 18.1. The SMILES string of the molecule is CC(C)C[13C@H]([15NH]C(=O)OC(C)(C)C)C(=O)O.O. The van der Waals surface area contributed by atoms with Crippen molar-refractivity contribution in [1.29, 1.82) is 0 Å². The van der Waals surface area contributed by atoms with E-state index in [1.165, 1.54) is 0 Å². The van der Waals surface area contributed by atoms with Crippen LogP contribution < -0.4 is 5.32 Å². The van der Waals surface area contributed by atoms with Crippen LogP contribution in [0.1, 0.15) is 41.0 Å². The first-order chi connectivity index (χ1) is 7.11. The normalized spacial score (nSPS) is 12.6. The number of aliphatic carboxylic acids is 1. The summed E-state index contributed by atoms with van der Waals surface area (Å²) in [4.78, 5) is 22.2. The van der Waals surface area contributed by atoms with Gasteiger partial charge in [0.2, 0.25) is 0 Å². The van der Waals surface area contributed by atoms with Gasteiger partial charge in [-0.25, -0.2) is 9.59 Å². The number of carbonyl (C=O) groups excluding carboxylic acids is 1. The summed E-state index contributed by atoms with van der Waals surface area (Å²) in [6.45, 7) is 8.97. The van der Waals surface area contributed by atoms with Gasteiger partial charge < -0.3 is 20.6 Å². The molecular weight excluding hydrogens is 228 g/mol. The highest BCUT2D eigenvalue weighted by atomic mass is 16.6. The predicted octanol–water partition coefficient (Wildman–Crippen LogP) is 1.19. The minimum atomic E-state index is -1.04. The van der Waals surface area contributed by atoms with Crippen LogP contribution in [-0.2, 0) is 9.53 Å². The maximum absolute atomic E-state index is 11.4. The lowest BCUT2D eigenvalue weighted by Gasteiger charge is -2.22. The zero-order valence-corrected chi connectivity index (χ0v) is 11.0. The third-order valence-corrected chi connectivity index (χ3v) is 1.70. The molecule has 17 heavy (non-hydrogen) atoms. The van der Waals surface area contributed by atoms with Gasteiger partial charge in [-0.2, -0.15) is 0 Å². The molecule has 0 aliphatic heterocycles. The van der Waals surface area contributed by atoms with Gasteiger partial charge in [0.05, 0.1) is 0 Å². The van der Waals surface area contributed by atoms with Crippen LogP contribution in [0.25, 0.3) is 0 Å². The number of carboxylic acids is 1. The molecule has 0 fully saturated rings. The Kier molecular flexibility index (Phi) is 7.56. The van der Waals surface area contributed by atoms with Crippen LogP contribution in [0.3, 0.4) is 0 Å². The number of nitrogens with one attached hydrogen (secondary N) is 1. The summed E-state index contributed by atoms with van der Waals surface area (Å²) in [5, 5.41) is 11.2. The highest BCUT2D eigenvalue weighted by Gasteiger charge is 2.24. The number of carboxylic acid groups (broad SMARTS) is 1. The Morgan fingerprint density at radius 1 is 1.29 bits per heavy atom. The van der Waals surface area contributed by atoms with Gasteiger partial charge in [-0.05, 0) is 33.1 Å². The van der Waals surface area contributed by atoms with Crippen molar-refractivity contribution < 1.29 is 24.9 Å². The maximum atomic E-state index is 11.4. The summed E-state index contributed by atoms with van der Waals surface area (Å²) in [7, 11) is 0. The number of alkyl carbamates (subject to hydrolysis) is 1. The van der Waals surface area contributed by atoms with Gasteiger partial charge in [0.1, 0.15) is 11.6 Å². The molecule has 0 aromatic rings. The number of carbonyl (C=O) groups is 2. The molecule has 0 saturated carbocycles. The van der Waals surface area contributed by atoms with Crippen molar-refractivity contribution in [3.8, 4) is 0 Å². The molecule has 4 N–H and O–H groups in total. The summed E-state index contributed by atoms with van der Waals surface area (Å²) >= 11 is 0. The fourth-order valence-electron chi connectivity index (χ4n) is 1.14. The highest BCUT2D eigenvalue weighted by Crippen LogP contribution is 2.09. The second kappa shape index (κ2) is 7.11. The molecule has 0 rings (SSSR count). The first-order valence-corrected chi connectivity index (χ1v) is 5.34. The molecular formula is C11H23NO5. The molecule has 0 bridgehead atoms. The van der Waals surface area contributed by atoms with E-state index in [1.807, 2.05) is 13.8 Å². The van der Waals surface area contributed by atoms with E-state index >= 15 is 0 Å². The molecule has 1 atom stereocenters. The Bertz CT molecular complexity index is 257. The minimum Gasteiger partial charge on any atom is -0.480 e. The summed E-state index contributed by atoms with van der Waals surface area (Å²) in [5.74, 6) is -0.851. The summed E-state index contributed by atoms with van der Waals surface area (Å²) in [6, 6.07) is -0.894. The number of ether oxygens (including phenoxy) is 1. The predicted molar refractivity (Wildman–Crippen MR) is 63.9 cm³/mol. The van der Waals surface area contributed by atoms with Gasteiger partial charge in [0.25, 0.3) is 0 Å². The summed E-state index contributed by atoms with van der Waals surface area (Å²) < 4.78 is 4.99. The molecule has 6 heteroatoms. The van der Waals surface area contributed by atoms with Crippen molar-refractivity contribution >= 4 is 12.1 Å². The lowest BCUT2D eigenvalue weighted by Crippen LogP contribution is -2.44. The van der Waals surface area contributed by atoms with Crippen molar-refractivity contribution in [2.24, 2.45) is 5.92 Å². The molecule has 1 amide bonds. The van der Waals surface area contributed by atoms with E-state index in [1.54, 1.807) is 20.8 Å². The second-order valence-electron chi connectivity index (χ2n) is 5.17. The highest BCUT2D eigenvalue weighted by molar-refractivity contribution is 5.79. The Hall–Kier alpha value is -1.30. The molecule has 0 aliphatic carbocycles. The minimum absolute atomic E-state index is 0. The van der Waals surface area contributed by atoms with E-state index in [2.05, 4.69) is 5.32 Å². The smallest absolute Gasteiger partial charge is 0.408 e. The molecule has 0 heterocycles. The fraction of sp³-hybridized carbons (Fsp3) is 0.818. The Morgan fingerprint density at radius 3 is 2.06 bits per heavy atom. The van der Waals surface area contributed by atoms with E-state index in [9.17, 15) is 9.59 Å². The Balaban J connectivity index is 0. The first-order valence-electron chi connectivity index (χ1n) is 5.34. The lowest BCUT2D eigenvalue weighted by molar-refractivity contribution is -0.139. The van der Waals surface area contributed by atoms with Gasteiger partial charge in [-0.1, -0.05) is 13.8 Å². The third kappa shape index (κ3) is 9.62. The van der Waals surface area contributed by atoms with Crippen LogP contribution in [0.15, 0.2) is 0 Å². The second-order valence-corrected chi connectivity index (χ2v) is 5.17. The zero-order chi connectivity index (χ0) is 12.9. The molecule has 0 unspecified atom stereocenters. The van der Waals surface area contributed by atoms with Crippen LogP contribution >= 0.6 is 0 Å². The van der Waals surface area contributed by atoms with Crippen molar-refractivity contribution in [2.45, 2.75) is 52.7 Å². The van der Waals surface area contributed by atoms with E-state index in [0.29, 0.717) is 6.42 Å². The number of rotatable bonds is 4. The molecule has 0 aliphatic rings. The van der Waals surface area contributed by atoms with Crippen molar-refractivity contribution in [1.82, 2.24) is 5.32 Å². The van der Waals surface area contributed by atoms with E-state index in [4.69, 9.17) is 9.84 Å². The molecule has 0 saturated heterocycles. The monoisotopic (exact) mass is 251 g/mol. The van der Waals surface area contributed by atoms with Crippen molar-refractivity contribution in [3.05, 3.63) is 0 Å².